The second kappa shape index (κ2) is 6.51. The Labute approximate surface area is 146 Å². The van der Waals surface area contributed by atoms with Gasteiger partial charge in [0.2, 0.25) is 5.91 Å². The van der Waals surface area contributed by atoms with Crippen LogP contribution in [0.4, 0.5) is 0 Å². The lowest BCUT2D eigenvalue weighted by atomic mass is 9.68. The quantitative estimate of drug-likeness (QED) is 0.848. The van der Waals surface area contributed by atoms with Crippen molar-refractivity contribution in [2.24, 2.45) is 11.3 Å². The molecule has 4 rings (SSSR count). The second-order valence-electron chi connectivity index (χ2n) is 8.24. The minimum absolute atomic E-state index is 0.370. The highest BCUT2D eigenvalue weighted by atomic mass is 16.2. The van der Waals surface area contributed by atoms with Crippen molar-refractivity contribution in [3.63, 3.8) is 0 Å². The molecule has 0 aromatic heterocycles. The average molecular weight is 326 g/mol. The van der Waals surface area contributed by atoms with Gasteiger partial charge in [-0.2, -0.15) is 0 Å². The molecule has 2 saturated heterocycles. The van der Waals surface area contributed by atoms with Crippen LogP contribution in [0.2, 0.25) is 0 Å². The van der Waals surface area contributed by atoms with Crippen LogP contribution in [0.3, 0.4) is 0 Å². The van der Waals surface area contributed by atoms with Gasteiger partial charge in [-0.05, 0) is 55.5 Å². The fourth-order valence-corrected chi connectivity index (χ4v) is 4.84. The van der Waals surface area contributed by atoms with Crippen molar-refractivity contribution in [1.82, 2.24) is 9.80 Å². The number of carbonyl (C=O) groups excluding carboxylic acids is 1. The first kappa shape index (κ1) is 16.1. The van der Waals surface area contributed by atoms with Crippen molar-refractivity contribution in [3.8, 4) is 0 Å². The molecule has 0 bridgehead atoms. The molecular weight excluding hydrogens is 296 g/mol. The van der Waals surface area contributed by atoms with Crippen LogP contribution in [0.5, 0.6) is 0 Å². The van der Waals surface area contributed by atoms with Gasteiger partial charge in [0.05, 0.1) is 0 Å². The summed E-state index contributed by atoms with van der Waals surface area (Å²) in [6.07, 6.45) is 5.91. The van der Waals surface area contributed by atoms with E-state index in [0.29, 0.717) is 23.2 Å². The zero-order chi connectivity index (χ0) is 16.6. The predicted molar refractivity (Wildman–Crippen MR) is 96.9 cm³/mol. The molecule has 3 heteroatoms. The van der Waals surface area contributed by atoms with Gasteiger partial charge in [0.25, 0.3) is 0 Å². The van der Waals surface area contributed by atoms with E-state index in [0.717, 1.165) is 32.5 Å². The molecule has 1 spiro atoms. The smallest absolute Gasteiger partial charge is 0.225 e. The summed E-state index contributed by atoms with van der Waals surface area (Å²) < 4.78 is 0. The van der Waals surface area contributed by atoms with E-state index in [4.69, 9.17) is 0 Å². The second-order valence-corrected chi connectivity index (χ2v) is 8.24. The predicted octanol–water partition coefficient (Wildman–Crippen LogP) is 3.51. The maximum absolute atomic E-state index is 12.4. The zero-order valence-electron chi connectivity index (χ0n) is 14.9. The molecule has 1 aromatic carbocycles. The Balaban J connectivity index is 1.46. The SMILES string of the molecule is CCN1C[C@@H](c2ccccc2)CC2(CCN(C(=O)C3CC3)CC2)C1. The topological polar surface area (TPSA) is 23.6 Å². The van der Waals surface area contributed by atoms with Gasteiger partial charge in [0.15, 0.2) is 0 Å². The molecule has 2 heterocycles. The molecule has 2 aliphatic heterocycles. The van der Waals surface area contributed by atoms with Crippen LogP contribution in [0.15, 0.2) is 30.3 Å². The van der Waals surface area contributed by atoms with E-state index < -0.39 is 0 Å². The number of nitrogens with zero attached hydrogens (tertiary/aromatic N) is 2. The van der Waals surface area contributed by atoms with E-state index in [9.17, 15) is 4.79 Å². The summed E-state index contributed by atoms with van der Waals surface area (Å²) in [5.74, 6) is 1.45. The molecule has 0 unspecified atom stereocenters. The zero-order valence-corrected chi connectivity index (χ0v) is 14.9. The molecule has 3 fully saturated rings. The summed E-state index contributed by atoms with van der Waals surface area (Å²) in [6, 6.07) is 11.0. The monoisotopic (exact) mass is 326 g/mol. The Morgan fingerprint density at radius 3 is 2.50 bits per heavy atom. The number of hydrogen-bond donors (Lipinski definition) is 0. The summed E-state index contributed by atoms with van der Waals surface area (Å²) in [5, 5.41) is 0. The number of likely N-dealkylation sites (tertiary alicyclic amines) is 2. The van der Waals surface area contributed by atoms with E-state index in [1.165, 1.54) is 37.9 Å². The fourth-order valence-electron chi connectivity index (χ4n) is 4.84. The third-order valence-electron chi connectivity index (χ3n) is 6.50. The van der Waals surface area contributed by atoms with Crippen molar-refractivity contribution in [3.05, 3.63) is 35.9 Å². The van der Waals surface area contributed by atoms with Gasteiger partial charge in [0.1, 0.15) is 0 Å². The lowest BCUT2D eigenvalue weighted by Gasteiger charge is -2.50. The minimum Gasteiger partial charge on any atom is -0.342 e. The average Bonchev–Trinajstić information content (AvgIpc) is 3.47. The van der Waals surface area contributed by atoms with E-state index in [2.05, 4.69) is 47.1 Å². The number of likely N-dealkylation sites (N-methyl/N-ethyl adjacent to an activating group) is 1. The number of hydrogen-bond acceptors (Lipinski definition) is 2. The highest BCUT2D eigenvalue weighted by Gasteiger charge is 2.44. The summed E-state index contributed by atoms with van der Waals surface area (Å²) in [4.78, 5) is 17.1. The first-order chi connectivity index (χ1) is 11.7. The van der Waals surface area contributed by atoms with Crippen molar-refractivity contribution in [1.29, 1.82) is 0 Å². The van der Waals surface area contributed by atoms with Crippen LogP contribution in [0, 0.1) is 11.3 Å². The minimum atomic E-state index is 0.370. The van der Waals surface area contributed by atoms with E-state index >= 15 is 0 Å². The van der Waals surface area contributed by atoms with Crippen LogP contribution >= 0.6 is 0 Å². The third kappa shape index (κ3) is 3.23. The summed E-state index contributed by atoms with van der Waals surface area (Å²) >= 11 is 0. The number of piperidine rings is 2. The Bertz CT molecular complexity index is 573. The number of amides is 1. The van der Waals surface area contributed by atoms with Crippen LogP contribution in [0.25, 0.3) is 0 Å². The molecule has 24 heavy (non-hydrogen) atoms. The first-order valence-corrected chi connectivity index (χ1v) is 9.75. The van der Waals surface area contributed by atoms with Crippen LogP contribution in [-0.2, 0) is 4.79 Å². The number of rotatable bonds is 3. The number of carbonyl (C=O) groups is 1. The molecular formula is C21H30N2O. The van der Waals surface area contributed by atoms with Crippen LogP contribution < -0.4 is 0 Å². The van der Waals surface area contributed by atoms with Crippen molar-refractivity contribution >= 4 is 5.91 Å². The Hall–Kier alpha value is -1.35. The largest absolute Gasteiger partial charge is 0.342 e. The fraction of sp³-hybridized carbons (Fsp3) is 0.667. The van der Waals surface area contributed by atoms with Crippen molar-refractivity contribution in [2.75, 3.05) is 32.7 Å². The lowest BCUT2D eigenvalue weighted by molar-refractivity contribution is -0.135. The van der Waals surface area contributed by atoms with E-state index in [1.54, 1.807) is 0 Å². The normalized spacial score (nSPS) is 27.4. The molecule has 0 radical (unpaired) electrons. The molecule has 3 aliphatic rings. The molecule has 1 atom stereocenters. The summed E-state index contributed by atoms with van der Waals surface area (Å²) in [5.41, 5.74) is 1.90. The summed E-state index contributed by atoms with van der Waals surface area (Å²) in [7, 11) is 0. The molecule has 1 saturated carbocycles. The molecule has 3 nitrogen and oxygen atoms in total. The van der Waals surface area contributed by atoms with Crippen molar-refractivity contribution < 1.29 is 4.79 Å². The molecule has 0 N–H and O–H groups in total. The van der Waals surface area contributed by atoms with E-state index in [-0.39, 0.29) is 0 Å². The Morgan fingerprint density at radius 1 is 1.17 bits per heavy atom. The van der Waals surface area contributed by atoms with Gasteiger partial charge < -0.3 is 9.80 Å². The van der Waals surface area contributed by atoms with Gasteiger partial charge in [-0.15, -0.1) is 0 Å². The van der Waals surface area contributed by atoms with Gasteiger partial charge in [-0.25, -0.2) is 0 Å². The maximum Gasteiger partial charge on any atom is 0.225 e. The van der Waals surface area contributed by atoms with E-state index in [1.807, 2.05) is 0 Å². The first-order valence-electron chi connectivity index (χ1n) is 9.75. The number of benzene rings is 1. The highest BCUT2D eigenvalue weighted by Crippen LogP contribution is 2.45. The van der Waals surface area contributed by atoms with Gasteiger partial charge >= 0.3 is 0 Å². The Kier molecular flexibility index (Phi) is 4.38. The maximum atomic E-state index is 12.4. The molecule has 1 amide bonds. The molecule has 130 valence electrons. The van der Waals surface area contributed by atoms with Crippen LogP contribution in [-0.4, -0.2) is 48.4 Å². The molecule has 1 aromatic rings. The van der Waals surface area contributed by atoms with Crippen LogP contribution in [0.1, 0.15) is 50.5 Å². The molecule has 1 aliphatic carbocycles. The summed E-state index contributed by atoms with van der Waals surface area (Å²) in [6.45, 7) is 7.79. The van der Waals surface area contributed by atoms with Crippen molar-refractivity contribution in [2.45, 2.75) is 44.9 Å². The standard InChI is InChI=1S/C21H30N2O/c1-2-22-15-19(17-6-4-3-5-7-17)14-21(16-22)10-12-23(13-11-21)20(24)18-8-9-18/h3-7,18-19H,2,8-16H2,1H3/t19-/m0/s1. The highest BCUT2D eigenvalue weighted by molar-refractivity contribution is 5.81. The Morgan fingerprint density at radius 2 is 1.88 bits per heavy atom. The van der Waals surface area contributed by atoms with Gasteiger partial charge in [-0.1, -0.05) is 37.3 Å². The lowest BCUT2D eigenvalue weighted by Crippen LogP contribution is -2.52. The van der Waals surface area contributed by atoms with Gasteiger partial charge in [0, 0.05) is 32.1 Å². The van der Waals surface area contributed by atoms with Gasteiger partial charge in [-0.3, -0.25) is 4.79 Å². The third-order valence-corrected chi connectivity index (χ3v) is 6.50.